The minimum atomic E-state index is -1.20. The number of amides is 4. The molecule has 8 heteroatoms. The van der Waals surface area contributed by atoms with Gasteiger partial charge in [-0.25, -0.2) is 4.79 Å². The van der Waals surface area contributed by atoms with Crippen LogP contribution < -0.4 is 5.11 Å². The Hall–Kier alpha value is -2.90. The van der Waals surface area contributed by atoms with Crippen LogP contribution in [-0.2, 0) is 14.4 Å². The van der Waals surface area contributed by atoms with E-state index >= 15 is 0 Å². The number of aliphatic carboxylic acids is 1. The summed E-state index contributed by atoms with van der Waals surface area (Å²) in [6.45, 7) is 5.94. The highest BCUT2D eigenvalue weighted by Crippen LogP contribution is 2.31. The van der Waals surface area contributed by atoms with Gasteiger partial charge in [0, 0.05) is 25.5 Å². The van der Waals surface area contributed by atoms with Crippen LogP contribution in [-0.4, -0.2) is 64.2 Å². The molecular weight excluding hydrogens is 374 g/mol. The first kappa shape index (κ1) is 20.8. The molecule has 2 aliphatic rings. The van der Waals surface area contributed by atoms with Gasteiger partial charge in [-0.15, -0.1) is 0 Å². The second-order valence-electron chi connectivity index (χ2n) is 8.52. The Morgan fingerprint density at radius 1 is 1.14 bits per heavy atom. The number of hydrogen-bond acceptors (Lipinski definition) is 5. The fourth-order valence-electron chi connectivity index (χ4n) is 4.05. The number of carboxylic acids is 1. The molecule has 2 saturated heterocycles. The standard InChI is InChI=1S/C21H27N3O5/c1-14(15-7-5-4-6-8-15)24-19(28)16-13-22(9-10-23(16)20(24)29)17(25)11-21(2,3)12-18(26)27/h4-8,14,16H,9-13H2,1-3H3,(H,26,27)/p-1/t14-,16+/m1/s1. The zero-order chi connectivity index (χ0) is 21.3. The molecule has 4 amide bonds. The van der Waals surface area contributed by atoms with E-state index in [1.54, 1.807) is 18.7 Å². The highest BCUT2D eigenvalue weighted by molar-refractivity contribution is 6.05. The fourth-order valence-corrected chi connectivity index (χ4v) is 4.05. The van der Waals surface area contributed by atoms with E-state index in [4.69, 9.17) is 0 Å². The Labute approximate surface area is 170 Å². The molecule has 2 fully saturated rings. The van der Waals surface area contributed by atoms with Crippen LogP contribution in [0, 0.1) is 5.41 Å². The smallest absolute Gasteiger partial charge is 0.328 e. The van der Waals surface area contributed by atoms with Crippen LogP contribution in [0.3, 0.4) is 0 Å². The minimum absolute atomic E-state index is 0.0416. The predicted octanol–water partition coefficient (Wildman–Crippen LogP) is 0.779. The Morgan fingerprint density at radius 2 is 1.79 bits per heavy atom. The van der Waals surface area contributed by atoms with Gasteiger partial charge in [-0.1, -0.05) is 44.2 Å². The molecule has 0 spiro atoms. The topological polar surface area (TPSA) is 101 Å². The Bertz CT molecular complexity index is 823. The van der Waals surface area contributed by atoms with E-state index in [9.17, 15) is 24.3 Å². The average molecular weight is 400 g/mol. The molecule has 3 rings (SSSR count). The number of nitrogens with zero attached hydrogens (tertiary/aromatic N) is 3. The molecule has 29 heavy (non-hydrogen) atoms. The molecule has 2 atom stereocenters. The summed E-state index contributed by atoms with van der Waals surface area (Å²) >= 11 is 0. The molecule has 2 heterocycles. The molecule has 0 saturated carbocycles. The molecule has 2 aliphatic heterocycles. The summed E-state index contributed by atoms with van der Waals surface area (Å²) in [5, 5.41) is 10.9. The second kappa shape index (κ2) is 7.85. The molecule has 156 valence electrons. The minimum Gasteiger partial charge on any atom is -0.550 e. The van der Waals surface area contributed by atoms with Crippen molar-refractivity contribution in [1.29, 1.82) is 0 Å². The zero-order valence-electron chi connectivity index (χ0n) is 17.0. The summed E-state index contributed by atoms with van der Waals surface area (Å²) in [6, 6.07) is 7.91. The number of hydrogen-bond donors (Lipinski definition) is 0. The Kier molecular flexibility index (Phi) is 5.64. The first-order valence-corrected chi connectivity index (χ1v) is 9.77. The molecular formula is C21H26N3O5-. The van der Waals surface area contributed by atoms with E-state index in [0.29, 0.717) is 6.54 Å². The van der Waals surface area contributed by atoms with E-state index in [0.717, 1.165) is 5.56 Å². The average Bonchev–Trinajstić information content (AvgIpc) is 2.90. The lowest BCUT2D eigenvalue weighted by atomic mass is 9.85. The van der Waals surface area contributed by atoms with Crippen LogP contribution in [0.15, 0.2) is 30.3 Å². The van der Waals surface area contributed by atoms with Gasteiger partial charge in [0.25, 0.3) is 5.91 Å². The van der Waals surface area contributed by atoms with Crippen LogP contribution in [0.1, 0.15) is 45.2 Å². The molecule has 0 radical (unpaired) electrons. The zero-order valence-corrected chi connectivity index (χ0v) is 17.0. The number of piperazine rings is 1. The number of urea groups is 1. The maximum absolute atomic E-state index is 13.0. The van der Waals surface area contributed by atoms with Crippen molar-refractivity contribution in [2.45, 2.75) is 45.7 Å². The van der Waals surface area contributed by atoms with Crippen molar-refractivity contribution >= 4 is 23.8 Å². The summed E-state index contributed by atoms with van der Waals surface area (Å²) in [4.78, 5) is 53.8. The van der Waals surface area contributed by atoms with E-state index in [-0.39, 0.29) is 43.8 Å². The van der Waals surface area contributed by atoms with Crippen molar-refractivity contribution in [2.24, 2.45) is 5.41 Å². The number of imide groups is 1. The summed E-state index contributed by atoms with van der Waals surface area (Å²) < 4.78 is 0. The van der Waals surface area contributed by atoms with E-state index in [1.807, 2.05) is 37.3 Å². The summed E-state index contributed by atoms with van der Waals surface area (Å²) in [6.07, 6.45) is -0.179. The molecule has 8 nitrogen and oxygen atoms in total. The number of fused-ring (bicyclic) bond motifs is 1. The Morgan fingerprint density at radius 3 is 2.41 bits per heavy atom. The van der Waals surface area contributed by atoms with Gasteiger partial charge in [0.2, 0.25) is 5.91 Å². The van der Waals surface area contributed by atoms with E-state index < -0.39 is 23.5 Å². The van der Waals surface area contributed by atoms with Crippen LogP contribution in [0.25, 0.3) is 0 Å². The fraction of sp³-hybridized carbons (Fsp3) is 0.524. The van der Waals surface area contributed by atoms with Crippen LogP contribution in [0.4, 0.5) is 4.79 Å². The third kappa shape index (κ3) is 4.26. The second-order valence-corrected chi connectivity index (χ2v) is 8.52. The lowest BCUT2D eigenvalue weighted by Gasteiger charge is -2.37. The maximum Gasteiger partial charge on any atom is 0.328 e. The molecule has 0 aliphatic carbocycles. The predicted molar refractivity (Wildman–Crippen MR) is 102 cm³/mol. The van der Waals surface area contributed by atoms with E-state index in [2.05, 4.69) is 0 Å². The molecule has 1 aromatic rings. The van der Waals surface area contributed by atoms with Gasteiger partial charge in [-0.05, 0) is 24.3 Å². The number of carboxylic acid groups (broad SMARTS) is 1. The molecule has 0 bridgehead atoms. The number of carbonyl (C=O) groups excluding carboxylic acids is 4. The van der Waals surface area contributed by atoms with Crippen molar-refractivity contribution in [2.75, 3.05) is 19.6 Å². The van der Waals surface area contributed by atoms with Crippen LogP contribution in [0.2, 0.25) is 0 Å². The van der Waals surface area contributed by atoms with Gasteiger partial charge in [0.15, 0.2) is 0 Å². The van der Waals surface area contributed by atoms with Gasteiger partial charge in [0.1, 0.15) is 6.04 Å². The monoisotopic (exact) mass is 400 g/mol. The third-order valence-electron chi connectivity index (χ3n) is 5.63. The van der Waals surface area contributed by atoms with Gasteiger partial charge in [-0.2, -0.15) is 0 Å². The number of rotatable bonds is 6. The third-order valence-corrected chi connectivity index (χ3v) is 5.63. The first-order valence-electron chi connectivity index (χ1n) is 9.77. The number of benzene rings is 1. The summed E-state index contributed by atoms with van der Waals surface area (Å²) in [5.41, 5.74) is 0.127. The first-order chi connectivity index (χ1) is 13.6. The molecule has 0 N–H and O–H groups in total. The quantitative estimate of drug-likeness (QED) is 0.657. The summed E-state index contributed by atoms with van der Waals surface area (Å²) in [5.74, 6) is -1.72. The lowest BCUT2D eigenvalue weighted by molar-refractivity contribution is -0.307. The van der Waals surface area contributed by atoms with E-state index in [1.165, 1.54) is 9.80 Å². The van der Waals surface area contributed by atoms with Crippen LogP contribution in [0.5, 0.6) is 0 Å². The Balaban J connectivity index is 1.70. The molecule has 0 unspecified atom stereocenters. The SMILES string of the molecule is C[C@H](c1ccccc1)N1C(=O)[C@@H]2CN(C(=O)CC(C)(C)CC(=O)[O-])CCN2C1=O. The van der Waals surface area contributed by atoms with Crippen molar-refractivity contribution in [1.82, 2.24) is 14.7 Å². The van der Waals surface area contributed by atoms with Gasteiger partial charge in [0.05, 0.1) is 12.6 Å². The summed E-state index contributed by atoms with van der Waals surface area (Å²) in [7, 11) is 0. The van der Waals surface area contributed by atoms with Gasteiger partial charge in [-0.3, -0.25) is 14.5 Å². The van der Waals surface area contributed by atoms with Crippen molar-refractivity contribution in [3.8, 4) is 0 Å². The van der Waals surface area contributed by atoms with Gasteiger partial charge >= 0.3 is 6.03 Å². The maximum atomic E-state index is 13.0. The number of carbonyl (C=O) groups is 4. The van der Waals surface area contributed by atoms with Gasteiger partial charge < -0.3 is 19.7 Å². The normalized spacial score (nSPS) is 20.7. The van der Waals surface area contributed by atoms with Crippen molar-refractivity contribution in [3.63, 3.8) is 0 Å². The lowest BCUT2D eigenvalue weighted by Crippen LogP contribution is -2.55. The highest BCUT2D eigenvalue weighted by atomic mass is 16.4. The highest BCUT2D eigenvalue weighted by Gasteiger charge is 2.50. The van der Waals surface area contributed by atoms with Crippen LogP contribution >= 0.6 is 0 Å². The van der Waals surface area contributed by atoms with Crippen molar-refractivity contribution < 1.29 is 24.3 Å². The van der Waals surface area contributed by atoms with Crippen molar-refractivity contribution in [3.05, 3.63) is 35.9 Å². The largest absolute Gasteiger partial charge is 0.550 e. The molecule has 1 aromatic carbocycles. The molecule has 0 aromatic heterocycles.